The number of hydrogen-bond donors (Lipinski definition) is 12. The number of benzene rings is 1. The van der Waals surface area contributed by atoms with E-state index in [1.54, 1.807) is 27.7 Å². The highest BCUT2D eigenvalue weighted by molar-refractivity contribution is 5.99. The number of likely N-dealkylation sites (tertiary alicyclic amines) is 1. The Balaban J connectivity index is 2.29. The maximum Gasteiger partial charge on any atom is 0.305 e. The van der Waals surface area contributed by atoms with Crippen molar-refractivity contribution in [1.29, 1.82) is 0 Å². The summed E-state index contributed by atoms with van der Waals surface area (Å²) in [6.45, 7) is 7.15. The molecule has 8 atom stereocenters. The molecule has 0 aromatic heterocycles. The number of nitrogens with two attached hydrogens (primary N) is 2. The second-order valence-corrected chi connectivity index (χ2v) is 15.8. The van der Waals surface area contributed by atoms with Gasteiger partial charge in [-0.2, -0.15) is 0 Å². The number of carboxylic acid groups (broad SMARTS) is 2. The van der Waals surface area contributed by atoms with Crippen LogP contribution in [0.2, 0.25) is 0 Å². The van der Waals surface area contributed by atoms with Crippen LogP contribution in [0.5, 0.6) is 5.75 Å². The van der Waals surface area contributed by atoms with Crippen molar-refractivity contribution in [3.05, 3.63) is 29.8 Å². The van der Waals surface area contributed by atoms with Crippen LogP contribution in [0.3, 0.4) is 0 Å². The van der Waals surface area contributed by atoms with Gasteiger partial charge in [0.25, 0.3) is 0 Å². The SMILES string of the molecule is CC(C)C[C@H](NC(=O)[C@H](CO)NC(=O)[C@H](C)NC(=O)[C@H](Cc1ccc(O)cc1)NC(=O)[C@H](CC(=O)O)NC(=O)[C@@H]1CCCN1C(=O)[C@@H](NC(=O)[C@@H](N)CC(=O)O)C(C)C)C(N)=O. The molecule has 0 aliphatic carbocycles. The Morgan fingerprint density at radius 2 is 1.26 bits per heavy atom. The maximum atomic E-state index is 13.8. The van der Waals surface area contributed by atoms with Crippen LogP contribution in [0.1, 0.15) is 72.3 Å². The van der Waals surface area contributed by atoms with Gasteiger partial charge >= 0.3 is 11.9 Å². The van der Waals surface area contributed by atoms with Gasteiger partial charge in [0.05, 0.1) is 25.5 Å². The summed E-state index contributed by atoms with van der Waals surface area (Å²) in [6, 6.07) is -5.91. The molecule has 1 aliphatic rings. The Hall–Kier alpha value is -6.36. The average Bonchev–Trinajstić information content (AvgIpc) is 3.68. The Morgan fingerprint density at radius 1 is 0.710 bits per heavy atom. The number of primary amides is 1. The van der Waals surface area contributed by atoms with Crippen molar-refractivity contribution in [3.63, 3.8) is 0 Å². The number of aliphatic hydroxyl groups excluding tert-OH is 1. The molecule has 14 N–H and O–H groups in total. The number of nitrogens with one attached hydrogen (secondary N) is 6. The topological polar surface area (TPSA) is 379 Å². The highest BCUT2D eigenvalue weighted by Gasteiger charge is 2.41. The van der Waals surface area contributed by atoms with Crippen LogP contribution in [-0.2, 0) is 54.4 Å². The standard InChI is InChI=1S/C39H59N9O14/c1-18(2)13-24(32(41)55)43-37(60)27(17-49)46-33(56)20(5)42-35(58)25(14-21-8-10-22(50)11-9-21)44-36(59)26(16-30(53)54)45-38(61)28-7-6-12-48(28)39(62)31(19(3)4)47-34(57)23(40)15-29(51)52/h8-11,18-20,23-28,31,49-50H,6-7,12-17,40H2,1-5H3,(H2,41,55)(H,42,58)(H,43,60)(H,44,59)(H,45,61)(H,46,56)(H,47,57)(H,51,52)(H,53,54)/t20-,23-,24-,25-,26-,27-,28-,31-/m0/s1. The zero-order valence-electron chi connectivity index (χ0n) is 35.2. The fraction of sp³-hybridized carbons (Fsp3) is 0.590. The third kappa shape index (κ3) is 16.2. The van der Waals surface area contributed by atoms with Crippen molar-refractivity contribution >= 4 is 59.2 Å². The molecule has 344 valence electrons. The second-order valence-electron chi connectivity index (χ2n) is 15.8. The first-order valence-electron chi connectivity index (χ1n) is 19.9. The van der Waals surface area contributed by atoms with Crippen molar-refractivity contribution < 1.29 is 68.4 Å². The van der Waals surface area contributed by atoms with Crippen LogP contribution in [-0.4, -0.2) is 146 Å². The molecule has 0 radical (unpaired) electrons. The lowest BCUT2D eigenvalue weighted by Gasteiger charge is -2.31. The molecule has 1 aromatic rings. The smallest absolute Gasteiger partial charge is 0.305 e. The van der Waals surface area contributed by atoms with Crippen LogP contribution in [0, 0.1) is 11.8 Å². The minimum atomic E-state index is -1.81. The monoisotopic (exact) mass is 877 g/mol. The van der Waals surface area contributed by atoms with Crippen LogP contribution in [0.4, 0.5) is 0 Å². The number of aliphatic hydroxyl groups is 1. The number of carbonyl (C=O) groups excluding carboxylic acids is 8. The molecular weight excluding hydrogens is 818 g/mol. The Labute approximate surface area is 357 Å². The predicted molar refractivity (Wildman–Crippen MR) is 217 cm³/mol. The predicted octanol–water partition coefficient (Wildman–Crippen LogP) is -3.69. The third-order valence-corrected chi connectivity index (χ3v) is 9.76. The largest absolute Gasteiger partial charge is 0.508 e. The number of nitrogens with zero attached hydrogens (tertiary/aromatic N) is 1. The number of carbonyl (C=O) groups is 10. The minimum absolute atomic E-state index is 0.0450. The highest BCUT2D eigenvalue weighted by Crippen LogP contribution is 2.21. The number of carboxylic acids is 2. The molecule has 62 heavy (non-hydrogen) atoms. The van der Waals surface area contributed by atoms with Gasteiger partial charge in [-0.05, 0) is 55.7 Å². The van der Waals surface area contributed by atoms with Gasteiger partial charge < -0.3 is 68.7 Å². The molecule has 1 fully saturated rings. The fourth-order valence-corrected chi connectivity index (χ4v) is 6.40. The minimum Gasteiger partial charge on any atom is -0.508 e. The summed E-state index contributed by atoms with van der Waals surface area (Å²) in [5.74, 6) is -11.0. The first-order chi connectivity index (χ1) is 28.9. The normalized spacial score (nSPS) is 17.0. The van der Waals surface area contributed by atoms with Crippen LogP contribution >= 0.6 is 0 Å². The van der Waals surface area contributed by atoms with Crippen LogP contribution in [0.25, 0.3) is 0 Å². The average molecular weight is 878 g/mol. The molecule has 1 aromatic carbocycles. The molecule has 0 unspecified atom stereocenters. The van der Waals surface area contributed by atoms with Crippen LogP contribution < -0.4 is 43.4 Å². The molecular formula is C39H59N9O14. The van der Waals surface area contributed by atoms with Crippen molar-refractivity contribution in [1.82, 2.24) is 36.8 Å². The van der Waals surface area contributed by atoms with Crippen LogP contribution in [0.15, 0.2) is 24.3 Å². The van der Waals surface area contributed by atoms with E-state index in [0.29, 0.717) is 12.0 Å². The van der Waals surface area contributed by atoms with Gasteiger partial charge in [0, 0.05) is 13.0 Å². The van der Waals surface area contributed by atoms with E-state index in [0.717, 1.165) is 4.90 Å². The van der Waals surface area contributed by atoms with E-state index in [-0.39, 0.29) is 37.5 Å². The second kappa shape index (κ2) is 24.2. The van der Waals surface area contributed by atoms with E-state index in [1.165, 1.54) is 31.2 Å². The lowest BCUT2D eigenvalue weighted by atomic mass is 10.0. The van der Waals surface area contributed by atoms with Crippen molar-refractivity contribution in [3.8, 4) is 5.75 Å². The molecule has 0 bridgehead atoms. The number of phenolic OH excluding ortho intramolecular Hbond substituents is 1. The number of aliphatic carboxylic acids is 2. The molecule has 8 amide bonds. The lowest BCUT2D eigenvalue weighted by molar-refractivity contribution is -0.145. The first kappa shape index (κ1) is 51.8. The van der Waals surface area contributed by atoms with Gasteiger partial charge in [-0.3, -0.25) is 47.9 Å². The number of amides is 8. The zero-order valence-corrected chi connectivity index (χ0v) is 35.2. The summed E-state index contributed by atoms with van der Waals surface area (Å²) in [5.41, 5.74) is 11.4. The van der Waals surface area contributed by atoms with E-state index in [4.69, 9.17) is 16.6 Å². The molecule has 1 saturated heterocycles. The summed E-state index contributed by atoms with van der Waals surface area (Å²) in [4.78, 5) is 129. The van der Waals surface area contributed by atoms with Gasteiger partial charge in [-0.1, -0.05) is 39.8 Å². The molecule has 1 aliphatic heterocycles. The van der Waals surface area contributed by atoms with E-state index in [9.17, 15) is 63.3 Å². The van der Waals surface area contributed by atoms with E-state index in [2.05, 4.69) is 31.9 Å². The number of hydrogen-bond acceptors (Lipinski definition) is 13. The van der Waals surface area contributed by atoms with Gasteiger partial charge in [0.15, 0.2) is 0 Å². The molecule has 23 nitrogen and oxygen atoms in total. The quantitative estimate of drug-likeness (QED) is 0.0476. The Morgan fingerprint density at radius 3 is 1.79 bits per heavy atom. The van der Waals surface area contributed by atoms with E-state index < -0.39 is 133 Å². The van der Waals surface area contributed by atoms with Crippen molar-refractivity contribution in [2.75, 3.05) is 13.2 Å². The van der Waals surface area contributed by atoms with E-state index >= 15 is 0 Å². The number of phenols is 1. The summed E-state index contributed by atoms with van der Waals surface area (Å²) < 4.78 is 0. The first-order valence-corrected chi connectivity index (χ1v) is 19.9. The highest BCUT2D eigenvalue weighted by atomic mass is 16.4. The summed E-state index contributed by atoms with van der Waals surface area (Å²) in [5, 5.41) is 52.5. The molecule has 0 saturated carbocycles. The summed E-state index contributed by atoms with van der Waals surface area (Å²) >= 11 is 0. The number of rotatable bonds is 24. The van der Waals surface area contributed by atoms with Gasteiger partial charge in [-0.15, -0.1) is 0 Å². The van der Waals surface area contributed by atoms with Gasteiger partial charge in [0.2, 0.25) is 47.3 Å². The summed E-state index contributed by atoms with van der Waals surface area (Å²) in [6.07, 6.45) is -1.39. The third-order valence-electron chi connectivity index (χ3n) is 9.76. The Bertz CT molecular complexity index is 1810. The Kier molecular flexibility index (Phi) is 20.2. The molecule has 23 heteroatoms. The zero-order chi connectivity index (χ0) is 47.0. The number of aromatic hydroxyl groups is 1. The van der Waals surface area contributed by atoms with Crippen molar-refractivity contribution in [2.24, 2.45) is 23.3 Å². The lowest BCUT2D eigenvalue weighted by Crippen LogP contribution is -2.60. The molecule has 0 spiro atoms. The molecule has 2 rings (SSSR count). The fourth-order valence-electron chi connectivity index (χ4n) is 6.40. The van der Waals surface area contributed by atoms with Crippen molar-refractivity contribution in [2.45, 2.75) is 121 Å². The summed E-state index contributed by atoms with van der Waals surface area (Å²) in [7, 11) is 0. The molecule has 1 heterocycles. The maximum absolute atomic E-state index is 13.8. The van der Waals surface area contributed by atoms with E-state index in [1.807, 2.05) is 0 Å². The van der Waals surface area contributed by atoms with Gasteiger partial charge in [0.1, 0.15) is 48.0 Å². The van der Waals surface area contributed by atoms with Gasteiger partial charge in [-0.25, -0.2) is 0 Å².